The summed E-state index contributed by atoms with van der Waals surface area (Å²) in [7, 11) is 0. The molecule has 92 valence electrons. The van der Waals surface area contributed by atoms with Crippen LogP contribution in [0.4, 0.5) is 5.00 Å². The molecule has 0 fully saturated rings. The van der Waals surface area contributed by atoms with Gasteiger partial charge < -0.3 is 15.3 Å². The molecule has 1 rings (SSSR count). The topological polar surface area (TPSA) is 90.1 Å². The summed E-state index contributed by atoms with van der Waals surface area (Å²) in [5.74, 6) is -2.69. The van der Waals surface area contributed by atoms with Crippen molar-refractivity contribution in [2.24, 2.45) is 4.99 Å². The van der Waals surface area contributed by atoms with Gasteiger partial charge >= 0.3 is 5.97 Å². The molecule has 5 nitrogen and oxygen atoms in total. The van der Waals surface area contributed by atoms with Crippen LogP contribution in [0.15, 0.2) is 28.0 Å². The van der Waals surface area contributed by atoms with E-state index in [-0.39, 0.29) is 42.1 Å². The van der Waals surface area contributed by atoms with Crippen LogP contribution in [0.3, 0.4) is 0 Å². The van der Waals surface area contributed by atoms with Crippen LogP contribution in [0, 0.1) is 6.92 Å². The third-order valence-corrected chi connectivity index (χ3v) is 2.54. The Morgan fingerprint density at radius 1 is 1.35 bits per heavy atom. The van der Waals surface area contributed by atoms with E-state index in [0.717, 1.165) is 11.8 Å². The SMILES string of the molecule is Cc1ccsc1N=CC(C(=O)O)=C(O)O.[W].[W]. The maximum atomic E-state index is 10.5. The molecule has 0 bridgehead atoms. The molecule has 3 N–H and O–H groups in total. The molecule has 0 spiro atoms. The average molecular weight is 595 g/mol. The van der Waals surface area contributed by atoms with Crippen LogP contribution in [0.1, 0.15) is 5.56 Å². The van der Waals surface area contributed by atoms with E-state index in [9.17, 15) is 4.79 Å². The monoisotopic (exact) mass is 595 g/mol. The van der Waals surface area contributed by atoms with Crippen LogP contribution >= 0.6 is 11.3 Å². The van der Waals surface area contributed by atoms with Gasteiger partial charge in [-0.1, -0.05) is 0 Å². The minimum atomic E-state index is -1.44. The minimum Gasteiger partial charge on any atom is -0.480 e. The Bertz CT molecular complexity index is 438. The summed E-state index contributed by atoms with van der Waals surface area (Å²) < 4.78 is 0. The quantitative estimate of drug-likeness (QED) is 0.284. The van der Waals surface area contributed by atoms with Gasteiger partial charge in [-0.15, -0.1) is 11.3 Å². The number of aryl methyl sites for hydroxylation is 1. The molecule has 0 unspecified atom stereocenters. The first-order chi connectivity index (χ1) is 7.02. The summed E-state index contributed by atoms with van der Waals surface area (Å²) >= 11 is 1.34. The molecule has 0 amide bonds. The average Bonchev–Trinajstić information content (AvgIpc) is 2.51. The number of rotatable bonds is 3. The van der Waals surface area contributed by atoms with Crippen LogP contribution in [0.5, 0.6) is 0 Å². The number of carboxylic acids is 1. The van der Waals surface area contributed by atoms with Crippen LogP contribution in [-0.2, 0) is 46.9 Å². The number of hydrogen-bond donors (Lipinski definition) is 3. The Hall–Kier alpha value is -0.443. The molecule has 0 atom stereocenters. The molecule has 17 heavy (non-hydrogen) atoms. The second kappa shape index (κ2) is 8.62. The number of aliphatic hydroxyl groups excluding tert-OH is 1. The standard InChI is InChI=1S/C9H9NO4S.2W/c1-5-2-3-15-7(5)10-4-6(8(11)12)9(13)14;;/h2-4,11-12H,1H3,(H,13,14);;. The van der Waals surface area contributed by atoms with Gasteiger partial charge in [0, 0.05) is 42.1 Å². The molecule has 1 heterocycles. The molecule has 0 aliphatic heterocycles. The smallest absolute Gasteiger partial charge is 0.344 e. The molecule has 0 saturated carbocycles. The molecule has 0 aliphatic carbocycles. The summed E-state index contributed by atoms with van der Waals surface area (Å²) in [5, 5.41) is 28.3. The fourth-order valence-corrected chi connectivity index (χ4v) is 1.60. The van der Waals surface area contributed by atoms with Crippen molar-refractivity contribution in [3.05, 3.63) is 28.5 Å². The molecule has 0 aliphatic rings. The molecule has 0 aromatic carbocycles. The van der Waals surface area contributed by atoms with E-state index in [0.29, 0.717) is 5.00 Å². The zero-order valence-electron chi connectivity index (χ0n) is 8.65. The fraction of sp³-hybridized carbons (Fsp3) is 0.111. The molecule has 8 heteroatoms. The zero-order chi connectivity index (χ0) is 11.4. The molecule has 1 aromatic heterocycles. The van der Waals surface area contributed by atoms with Crippen LogP contribution < -0.4 is 0 Å². The zero-order valence-corrected chi connectivity index (χ0v) is 15.3. The van der Waals surface area contributed by atoms with Gasteiger partial charge in [-0.3, -0.25) is 0 Å². The summed E-state index contributed by atoms with van der Waals surface area (Å²) in [6.07, 6.45) is 0.913. The van der Waals surface area contributed by atoms with Crippen LogP contribution in [-0.4, -0.2) is 27.5 Å². The number of aliphatic imine (C=N–C) groups is 1. The summed E-state index contributed by atoms with van der Waals surface area (Å²) in [5.41, 5.74) is 0.265. The van der Waals surface area contributed by atoms with Crippen molar-refractivity contribution >= 4 is 28.5 Å². The number of aliphatic hydroxyl groups is 2. The van der Waals surface area contributed by atoms with Gasteiger partial charge in [-0.05, 0) is 23.9 Å². The predicted molar refractivity (Wildman–Crippen MR) is 57.1 cm³/mol. The predicted octanol–water partition coefficient (Wildman–Crippen LogP) is 2.17. The third-order valence-electron chi connectivity index (χ3n) is 1.62. The second-order valence-electron chi connectivity index (χ2n) is 2.71. The van der Waals surface area contributed by atoms with Gasteiger partial charge in [0.25, 0.3) is 5.95 Å². The number of aliphatic carboxylic acids is 1. The van der Waals surface area contributed by atoms with Crippen molar-refractivity contribution in [1.82, 2.24) is 0 Å². The molecular weight excluding hydrogens is 586 g/mol. The van der Waals surface area contributed by atoms with Crippen molar-refractivity contribution in [3.63, 3.8) is 0 Å². The van der Waals surface area contributed by atoms with Crippen molar-refractivity contribution in [3.8, 4) is 0 Å². The Morgan fingerprint density at radius 3 is 2.29 bits per heavy atom. The first-order valence-electron chi connectivity index (χ1n) is 3.96. The Labute approximate surface area is 130 Å². The van der Waals surface area contributed by atoms with E-state index in [1.807, 2.05) is 18.4 Å². The first-order valence-corrected chi connectivity index (χ1v) is 4.84. The third kappa shape index (κ3) is 5.62. The Kier molecular flexibility index (Phi) is 9.59. The molecule has 1 aromatic rings. The molecule has 0 saturated heterocycles. The van der Waals surface area contributed by atoms with Gasteiger partial charge in [0.2, 0.25) is 0 Å². The van der Waals surface area contributed by atoms with Crippen molar-refractivity contribution < 1.29 is 62.2 Å². The molecule has 0 radical (unpaired) electrons. The number of carboxylic acid groups (broad SMARTS) is 1. The van der Waals surface area contributed by atoms with Crippen LogP contribution in [0.25, 0.3) is 0 Å². The van der Waals surface area contributed by atoms with E-state index in [1.165, 1.54) is 11.3 Å². The largest absolute Gasteiger partial charge is 0.480 e. The number of thiophene rings is 1. The van der Waals surface area contributed by atoms with Gasteiger partial charge in [-0.25, -0.2) is 9.79 Å². The van der Waals surface area contributed by atoms with Gasteiger partial charge in [0.1, 0.15) is 5.00 Å². The second-order valence-corrected chi connectivity index (χ2v) is 3.60. The Morgan fingerprint density at radius 2 is 1.94 bits per heavy atom. The van der Waals surface area contributed by atoms with Crippen molar-refractivity contribution in [2.45, 2.75) is 6.92 Å². The first kappa shape index (κ1) is 18.9. The Balaban J connectivity index is 0. The van der Waals surface area contributed by atoms with Crippen molar-refractivity contribution in [1.29, 1.82) is 0 Å². The van der Waals surface area contributed by atoms with Crippen molar-refractivity contribution in [2.75, 3.05) is 0 Å². The summed E-state index contributed by atoms with van der Waals surface area (Å²) in [6.45, 7) is 1.83. The maximum absolute atomic E-state index is 10.5. The van der Waals surface area contributed by atoms with E-state index in [4.69, 9.17) is 15.3 Å². The van der Waals surface area contributed by atoms with Gasteiger partial charge in [0.15, 0.2) is 5.57 Å². The van der Waals surface area contributed by atoms with Gasteiger partial charge in [0.05, 0.1) is 6.21 Å². The van der Waals surface area contributed by atoms with E-state index < -0.39 is 17.5 Å². The van der Waals surface area contributed by atoms with E-state index >= 15 is 0 Å². The summed E-state index contributed by atoms with van der Waals surface area (Å²) in [6, 6.07) is 1.83. The molecular formula is C9H9NO4SW2. The normalized spacial score (nSPS) is 9.24. The van der Waals surface area contributed by atoms with Gasteiger partial charge in [-0.2, -0.15) is 0 Å². The van der Waals surface area contributed by atoms with E-state index in [2.05, 4.69) is 4.99 Å². The summed E-state index contributed by atoms with van der Waals surface area (Å²) in [4.78, 5) is 14.4. The maximum Gasteiger partial charge on any atom is 0.344 e. The minimum absolute atomic E-state index is 0. The number of hydrogen-bond acceptors (Lipinski definition) is 5. The number of carbonyl (C=O) groups is 1. The number of nitrogens with zero attached hydrogens (tertiary/aromatic N) is 1. The van der Waals surface area contributed by atoms with E-state index in [1.54, 1.807) is 0 Å². The van der Waals surface area contributed by atoms with Crippen LogP contribution in [0.2, 0.25) is 0 Å². The fourth-order valence-electron chi connectivity index (χ4n) is 0.829.